The second kappa shape index (κ2) is 9.72. The molecule has 3 aromatic rings. The fraction of sp³-hybridized carbons (Fsp3) is 0.136. The van der Waals surface area contributed by atoms with E-state index in [4.69, 9.17) is 21.1 Å². The maximum Gasteiger partial charge on any atom is 0.262 e. The maximum absolute atomic E-state index is 12.6. The second-order valence-corrected chi connectivity index (χ2v) is 8.70. The third-order valence-corrected chi connectivity index (χ3v) is 6.09. The summed E-state index contributed by atoms with van der Waals surface area (Å²) in [5.41, 5.74) is 1.79. The van der Waals surface area contributed by atoms with Crippen LogP contribution in [0.25, 0.3) is 0 Å². The van der Waals surface area contributed by atoms with E-state index in [-0.39, 0.29) is 17.4 Å². The number of hydrogen-bond donors (Lipinski definition) is 2. The molecule has 7 nitrogen and oxygen atoms in total. The molecule has 0 aliphatic rings. The minimum absolute atomic E-state index is 0.0531. The lowest BCUT2D eigenvalue weighted by molar-refractivity contribution is -0.118. The largest absolute Gasteiger partial charge is 0.497 e. The van der Waals surface area contributed by atoms with Crippen LogP contribution in [-0.4, -0.2) is 28.0 Å². The number of methoxy groups -OCH3 is 1. The Morgan fingerprint density at radius 2 is 1.71 bits per heavy atom. The van der Waals surface area contributed by atoms with Crippen molar-refractivity contribution < 1.29 is 22.7 Å². The average Bonchev–Trinajstić information content (AvgIpc) is 2.75. The molecule has 0 spiro atoms. The van der Waals surface area contributed by atoms with Crippen LogP contribution in [0.4, 0.5) is 11.4 Å². The lowest BCUT2D eigenvalue weighted by Gasteiger charge is -2.11. The molecule has 0 aromatic heterocycles. The lowest BCUT2D eigenvalue weighted by Crippen LogP contribution is -2.20. The van der Waals surface area contributed by atoms with Crippen molar-refractivity contribution in [1.29, 1.82) is 0 Å². The van der Waals surface area contributed by atoms with Crippen LogP contribution >= 0.6 is 11.6 Å². The lowest BCUT2D eigenvalue weighted by atomic mass is 10.2. The molecule has 162 valence electrons. The molecule has 31 heavy (non-hydrogen) atoms. The van der Waals surface area contributed by atoms with Gasteiger partial charge in [-0.3, -0.25) is 9.52 Å². The monoisotopic (exact) mass is 460 g/mol. The van der Waals surface area contributed by atoms with Gasteiger partial charge in [0.1, 0.15) is 11.5 Å². The van der Waals surface area contributed by atoms with E-state index in [1.807, 2.05) is 6.92 Å². The Kier molecular flexibility index (Phi) is 7.04. The molecule has 2 N–H and O–H groups in total. The van der Waals surface area contributed by atoms with Gasteiger partial charge in [0.05, 0.1) is 17.7 Å². The molecule has 3 aromatic carbocycles. The van der Waals surface area contributed by atoms with Gasteiger partial charge in [0, 0.05) is 16.8 Å². The number of rotatable bonds is 8. The van der Waals surface area contributed by atoms with Gasteiger partial charge in [0.15, 0.2) is 6.61 Å². The predicted molar refractivity (Wildman–Crippen MR) is 121 cm³/mol. The molecule has 0 saturated heterocycles. The first kappa shape index (κ1) is 22.5. The Labute approximate surface area is 186 Å². The normalized spacial score (nSPS) is 10.9. The van der Waals surface area contributed by atoms with Gasteiger partial charge < -0.3 is 14.8 Å². The highest BCUT2D eigenvalue weighted by Gasteiger charge is 2.15. The Bertz CT molecular complexity index is 1180. The number of hydrogen-bond acceptors (Lipinski definition) is 5. The summed E-state index contributed by atoms with van der Waals surface area (Å²) in [6, 6.07) is 17.6. The highest BCUT2D eigenvalue weighted by molar-refractivity contribution is 7.92. The van der Waals surface area contributed by atoms with E-state index in [2.05, 4.69) is 10.0 Å². The van der Waals surface area contributed by atoms with E-state index in [9.17, 15) is 13.2 Å². The van der Waals surface area contributed by atoms with Crippen molar-refractivity contribution in [3.05, 3.63) is 77.3 Å². The standard InChI is InChI=1S/C22H21ClN2O5S/c1-15-6-7-17(13-21(15)23)25-31(27,28)20-10-8-18(9-11-20)30-14-22(26)24-16-4-3-5-19(12-16)29-2/h3-13,25H,14H2,1-2H3,(H,24,26). The Balaban J connectivity index is 1.58. The maximum atomic E-state index is 12.6. The number of carbonyl (C=O) groups excluding carboxylic acids is 1. The van der Waals surface area contributed by atoms with Crippen LogP contribution in [0, 0.1) is 6.92 Å². The van der Waals surface area contributed by atoms with Crippen LogP contribution in [0.1, 0.15) is 5.56 Å². The summed E-state index contributed by atoms with van der Waals surface area (Å²) < 4.78 is 38.1. The van der Waals surface area contributed by atoms with E-state index in [1.165, 1.54) is 24.3 Å². The number of anilines is 2. The zero-order chi connectivity index (χ0) is 22.4. The summed E-state index contributed by atoms with van der Waals surface area (Å²) in [7, 11) is -2.25. The van der Waals surface area contributed by atoms with Crippen LogP contribution in [-0.2, 0) is 14.8 Å². The smallest absolute Gasteiger partial charge is 0.262 e. The molecule has 0 atom stereocenters. The molecule has 1 amide bonds. The first-order valence-electron chi connectivity index (χ1n) is 9.22. The first-order valence-corrected chi connectivity index (χ1v) is 11.1. The van der Waals surface area contributed by atoms with Gasteiger partial charge in [-0.15, -0.1) is 0 Å². The molecule has 0 radical (unpaired) electrons. The summed E-state index contributed by atoms with van der Waals surface area (Å²) in [6.07, 6.45) is 0. The topological polar surface area (TPSA) is 93.7 Å². The van der Waals surface area contributed by atoms with Crippen molar-refractivity contribution in [3.8, 4) is 11.5 Å². The van der Waals surface area contributed by atoms with E-state index >= 15 is 0 Å². The van der Waals surface area contributed by atoms with Gasteiger partial charge in [-0.25, -0.2) is 8.42 Å². The number of sulfonamides is 1. The molecule has 3 rings (SSSR count). The summed E-state index contributed by atoms with van der Waals surface area (Å²) in [5.74, 6) is 0.623. The van der Waals surface area contributed by atoms with Crippen LogP contribution in [0.15, 0.2) is 71.6 Å². The molecular weight excluding hydrogens is 440 g/mol. The van der Waals surface area contributed by atoms with Crippen molar-refractivity contribution >= 4 is 38.9 Å². The fourth-order valence-electron chi connectivity index (χ4n) is 2.63. The molecular formula is C22H21ClN2O5S. The molecule has 0 fully saturated rings. The summed E-state index contributed by atoms with van der Waals surface area (Å²) >= 11 is 6.05. The summed E-state index contributed by atoms with van der Waals surface area (Å²) in [5, 5.41) is 3.17. The fourth-order valence-corrected chi connectivity index (χ4v) is 3.86. The number of benzene rings is 3. The van der Waals surface area contributed by atoms with E-state index in [1.54, 1.807) is 49.6 Å². The number of carbonyl (C=O) groups is 1. The quantitative estimate of drug-likeness (QED) is 0.517. The minimum Gasteiger partial charge on any atom is -0.497 e. The molecule has 0 aliphatic carbocycles. The van der Waals surface area contributed by atoms with Gasteiger partial charge in [-0.2, -0.15) is 0 Å². The summed E-state index contributed by atoms with van der Waals surface area (Å²) in [4.78, 5) is 12.1. The Hall–Kier alpha value is -3.23. The Morgan fingerprint density at radius 3 is 2.39 bits per heavy atom. The van der Waals surface area contributed by atoms with Gasteiger partial charge >= 0.3 is 0 Å². The molecule has 9 heteroatoms. The molecule has 0 aliphatic heterocycles. The number of amides is 1. The molecule has 0 saturated carbocycles. The minimum atomic E-state index is -3.79. The number of aryl methyl sites for hydroxylation is 1. The van der Waals surface area contributed by atoms with E-state index in [0.29, 0.717) is 27.9 Å². The summed E-state index contributed by atoms with van der Waals surface area (Å²) in [6.45, 7) is 1.60. The van der Waals surface area contributed by atoms with Gasteiger partial charge in [0.25, 0.3) is 15.9 Å². The Morgan fingerprint density at radius 1 is 0.968 bits per heavy atom. The third-order valence-electron chi connectivity index (χ3n) is 4.28. The van der Waals surface area contributed by atoms with Crippen molar-refractivity contribution in [2.75, 3.05) is 23.8 Å². The van der Waals surface area contributed by atoms with E-state index < -0.39 is 10.0 Å². The van der Waals surface area contributed by atoms with Crippen LogP contribution in [0.3, 0.4) is 0 Å². The van der Waals surface area contributed by atoms with Crippen LogP contribution < -0.4 is 19.5 Å². The zero-order valence-electron chi connectivity index (χ0n) is 16.9. The van der Waals surface area contributed by atoms with Crippen molar-refractivity contribution in [3.63, 3.8) is 0 Å². The van der Waals surface area contributed by atoms with Gasteiger partial charge in [-0.1, -0.05) is 23.7 Å². The van der Waals surface area contributed by atoms with Gasteiger partial charge in [-0.05, 0) is 61.0 Å². The van der Waals surface area contributed by atoms with Crippen LogP contribution in [0.5, 0.6) is 11.5 Å². The van der Waals surface area contributed by atoms with E-state index in [0.717, 1.165) is 5.56 Å². The highest BCUT2D eigenvalue weighted by Crippen LogP contribution is 2.23. The molecule has 0 bridgehead atoms. The second-order valence-electron chi connectivity index (χ2n) is 6.61. The number of ether oxygens (including phenoxy) is 2. The van der Waals surface area contributed by atoms with Crippen molar-refractivity contribution in [2.45, 2.75) is 11.8 Å². The van der Waals surface area contributed by atoms with Crippen molar-refractivity contribution in [2.24, 2.45) is 0 Å². The average molecular weight is 461 g/mol. The highest BCUT2D eigenvalue weighted by atomic mass is 35.5. The first-order chi connectivity index (χ1) is 14.8. The van der Waals surface area contributed by atoms with Crippen molar-refractivity contribution in [1.82, 2.24) is 0 Å². The number of nitrogens with one attached hydrogen (secondary N) is 2. The SMILES string of the molecule is COc1cccc(NC(=O)COc2ccc(S(=O)(=O)Nc3ccc(C)c(Cl)c3)cc2)c1. The zero-order valence-corrected chi connectivity index (χ0v) is 18.5. The van der Waals surface area contributed by atoms with Gasteiger partial charge in [0.2, 0.25) is 0 Å². The third kappa shape index (κ3) is 6.13. The van der Waals surface area contributed by atoms with Crippen LogP contribution in [0.2, 0.25) is 5.02 Å². The molecule has 0 unspecified atom stereocenters. The number of halogens is 1. The molecule has 0 heterocycles. The predicted octanol–water partition coefficient (Wildman–Crippen LogP) is 4.48.